The highest BCUT2D eigenvalue weighted by molar-refractivity contribution is 5.95. The lowest BCUT2D eigenvalue weighted by Gasteiger charge is -2.33. The molecule has 0 bridgehead atoms. The fraction of sp³-hybridized carbons (Fsp3) is 0.684. The summed E-state index contributed by atoms with van der Waals surface area (Å²) >= 11 is 0. The Morgan fingerprint density at radius 3 is 2.72 bits per heavy atom. The number of amides is 2. The van der Waals surface area contributed by atoms with Crippen LogP contribution < -0.4 is 5.73 Å². The topological polar surface area (TPSA) is 85.8 Å². The molecule has 0 saturated carbocycles. The molecule has 0 radical (unpaired) electrons. The van der Waals surface area contributed by atoms with E-state index in [1.165, 1.54) is 0 Å². The van der Waals surface area contributed by atoms with E-state index in [9.17, 15) is 9.59 Å². The number of rotatable bonds is 6. The first kappa shape index (κ1) is 18.0. The number of carbonyl (C=O) groups excluding carboxylic acids is 2. The Hall–Kier alpha value is -1.82. The van der Waals surface area contributed by atoms with Crippen LogP contribution in [0.1, 0.15) is 55.1 Å². The summed E-state index contributed by atoms with van der Waals surface area (Å²) in [5.74, 6) is 0.940. The zero-order valence-corrected chi connectivity index (χ0v) is 14.9. The fourth-order valence-corrected chi connectivity index (χ4v) is 4.03. The second-order valence-electron chi connectivity index (χ2n) is 7.19. The minimum atomic E-state index is -0.251. The van der Waals surface area contributed by atoms with Crippen LogP contribution in [0.2, 0.25) is 0 Å². The van der Waals surface area contributed by atoms with Crippen molar-refractivity contribution in [2.45, 2.75) is 51.6 Å². The number of hydrogen-bond donors (Lipinski definition) is 1. The van der Waals surface area contributed by atoms with Crippen molar-refractivity contribution in [3.8, 4) is 0 Å². The summed E-state index contributed by atoms with van der Waals surface area (Å²) < 4.78 is 11.2. The van der Waals surface area contributed by atoms with Gasteiger partial charge in [-0.1, -0.05) is 6.92 Å². The lowest BCUT2D eigenvalue weighted by Crippen LogP contribution is -2.40. The molecule has 6 heteroatoms. The molecule has 2 aliphatic rings. The van der Waals surface area contributed by atoms with Crippen LogP contribution >= 0.6 is 0 Å². The Kier molecular flexibility index (Phi) is 5.78. The molecule has 6 nitrogen and oxygen atoms in total. The molecule has 1 aromatic heterocycles. The zero-order chi connectivity index (χ0) is 17.8. The van der Waals surface area contributed by atoms with Gasteiger partial charge in [0.1, 0.15) is 5.76 Å². The molecular weight excluding hydrogens is 320 g/mol. The van der Waals surface area contributed by atoms with Gasteiger partial charge in [0.2, 0.25) is 5.91 Å². The molecule has 25 heavy (non-hydrogen) atoms. The van der Waals surface area contributed by atoms with Gasteiger partial charge in [0.25, 0.3) is 5.91 Å². The van der Waals surface area contributed by atoms with E-state index in [0.29, 0.717) is 18.1 Å². The van der Waals surface area contributed by atoms with E-state index >= 15 is 0 Å². The third-order valence-electron chi connectivity index (χ3n) is 5.50. The van der Waals surface area contributed by atoms with E-state index in [-0.39, 0.29) is 23.8 Å². The number of primary amides is 1. The van der Waals surface area contributed by atoms with Crippen LogP contribution in [-0.4, -0.2) is 42.5 Å². The van der Waals surface area contributed by atoms with Crippen LogP contribution in [0.5, 0.6) is 0 Å². The largest absolute Gasteiger partial charge is 0.469 e. The predicted octanol–water partition coefficient (Wildman–Crippen LogP) is 2.36. The van der Waals surface area contributed by atoms with Gasteiger partial charge in [0.15, 0.2) is 0 Å². The first-order valence-corrected chi connectivity index (χ1v) is 9.36. The predicted molar refractivity (Wildman–Crippen MR) is 93.0 cm³/mol. The second kappa shape index (κ2) is 8.04. The van der Waals surface area contributed by atoms with Gasteiger partial charge in [-0.2, -0.15) is 0 Å². The quantitative estimate of drug-likeness (QED) is 0.855. The number of aryl methyl sites for hydroxylation is 1. The Balaban J connectivity index is 1.52. The van der Waals surface area contributed by atoms with Gasteiger partial charge in [-0.25, -0.2) is 0 Å². The summed E-state index contributed by atoms with van der Waals surface area (Å²) in [5, 5.41) is 0. The molecule has 2 N–H and O–H groups in total. The van der Waals surface area contributed by atoms with Gasteiger partial charge in [-0.05, 0) is 44.1 Å². The highest BCUT2D eigenvalue weighted by Gasteiger charge is 2.35. The van der Waals surface area contributed by atoms with Gasteiger partial charge in [-0.15, -0.1) is 0 Å². The third kappa shape index (κ3) is 4.06. The standard InChI is InChI=1S/C19H28N2O4/c1-2-3-16-15(7-11-24-16)19(23)21-8-4-13(5-9-21)12-17-14(18(20)22)6-10-25-17/h7,11,13-14,17H,2-6,8-10,12H2,1H3,(H2,20,22)/t14-,17-/m1/s1. The highest BCUT2D eigenvalue weighted by Crippen LogP contribution is 2.31. The van der Waals surface area contributed by atoms with E-state index in [1.54, 1.807) is 12.3 Å². The molecule has 2 saturated heterocycles. The minimum absolute atomic E-state index is 0.0465. The maximum absolute atomic E-state index is 12.7. The molecule has 0 aliphatic carbocycles. The van der Waals surface area contributed by atoms with Crippen molar-refractivity contribution >= 4 is 11.8 Å². The normalized spacial score (nSPS) is 24.6. The Morgan fingerprint density at radius 2 is 2.04 bits per heavy atom. The Bertz CT molecular complexity index is 604. The van der Waals surface area contributed by atoms with E-state index in [1.807, 2.05) is 4.90 Å². The lowest BCUT2D eigenvalue weighted by atomic mass is 9.86. The highest BCUT2D eigenvalue weighted by atomic mass is 16.5. The number of ether oxygens (including phenoxy) is 1. The molecule has 0 unspecified atom stereocenters. The van der Waals surface area contributed by atoms with E-state index in [0.717, 1.165) is 57.4 Å². The maximum atomic E-state index is 12.7. The number of likely N-dealkylation sites (tertiary alicyclic amines) is 1. The van der Waals surface area contributed by atoms with E-state index in [4.69, 9.17) is 14.9 Å². The van der Waals surface area contributed by atoms with Crippen molar-refractivity contribution < 1.29 is 18.7 Å². The van der Waals surface area contributed by atoms with Crippen LogP contribution in [0.25, 0.3) is 0 Å². The molecular formula is C19H28N2O4. The number of nitrogens with two attached hydrogens (primary N) is 1. The van der Waals surface area contributed by atoms with Crippen molar-refractivity contribution in [2.75, 3.05) is 19.7 Å². The van der Waals surface area contributed by atoms with Crippen molar-refractivity contribution in [2.24, 2.45) is 17.6 Å². The first-order chi connectivity index (χ1) is 12.1. The van der Waals surface area contributed by atoms with Gasteiger partial charge in [0.05, 0.1) is 23.8 Å². The Morgan fingerprint density at radius 1 is 1.28 bits per heavy atom. The lowest BCUT2D eigenvalue weighted by molar-refractivity contribution is -0.123. The van der Waals surface area contributed by atoms with Crippen molar-refractivity contribution in [3.63, 3.8) is 0 Å². The van der Waals surface area contributed by atoms with Crippen molar-refractivity contribution in [1.29, 1.82) is 0 Å². The average Bonchev–Trinajstić information content (AvgIpc) is 3.24. The van der Waals surface area contributed by atoms with Gasteiger partial charge >= 0.3 is 0 Å². The molecule has 2 atom stereocenters. The summed E-state index contributed by atoms with van der Waals surface area (Å²) in [6.07, 6.45) is 6.79. The van der Waals surface area contributed by atoms with Crippen LogP contribution in [0.3, 0.4) is 0 Å². The van der Waals surface area contributed by atoms with E-state index in [2.05, 4.69) is 6.92 Å². The fourth-order valence-electron chi connectivity index (χ4n) is 4.03. The third-order valence-corrected chi connectivity index (χ3v) is 5.50. The molecule has 2 aliphatic heterocycles. The molecule has 1 aromatic rings. The number of furan rings is 1. The summed E-state index contributed by atoms with van der Waals surface area (Å²) in [4.78, 5) is 26.1. The first-order valence-electron chi connectivity index (χ1n) is 9.36. The molecule has 3 rings (SSSR count). The number of carbonyl (C=O) groups is 2. The minimum Gasteiger partial charge on any atom is -0.469 e. The molecule has 3 heterocycles. The second-order valence-corrected chi connectivity index (χ2v) is 7.19. The zero-order valence-electron chi connectivity index (χ0n) is 14.9. The summed E-state index contributed by atoms with van der Waals surface area (Å²) in [5.41, 5.74) is 6.17. The van der Waals surface area contributed by atoms with E-state index < -0.39 is 0 Å². The van der Waals surface area contributed by atoms with Gasteiger partial charge in [0, 0.05) is 26.1 Å². The van der Waals surface area contributed by atoms with Crippen LogP contribution in [0.4, 0.5) is 0 Å². The Labute approximate surface area is 148 Å². The molecule has 0 aromatic carbocycles. The maximum Gasteiger partial charge on any atom is 0.257 e. The number of piperidine rings is 1. The smallest absolute Gasteiger partial charge is 0.257 e. The molecule has 2 amide bonds. The van der Waals surface area contributed by atoms with Gasteiger partial charge in [-0.3, -0.25) is 9.59 Å². The molecule has 138 valence electrons. The summed E-state index contributed by atoms with van der Waals surface area (Å²) in [7, 11) is 0. The number of hydrogen-bond acceptors (Lipinski definition) is 4. The summed E-state index contributed by atoms with van der Waals surface area (Å²) in [6.45, 7) is 4.19. The van der Waals surface area contributed by atoms with Crippen LogP contribution in [0.15, 0.2) is 16.7 Å². The average molecular weight is 348 g/mol. The summed E-state index contributed by atoms with van der Waals surface area (Å²) in [6, 6.07) is 1.78. The van der Waals surface area contributed by atoms with Crippen molar-refractivity contribution in [3.05, 3.63) is 23.7 Å². The monoisotopic (exact) mass is 348 g/mol. The molecule has 0 spiro atoms. The number of nitrogens with zero attached hydrogens (tertiary/aromatic N) is 1. The van der Waals surface area contributed by atoms with Crippen LogP contribution in [-0.2, 0) is 16.0 Å². The SMILES string of the molecule is CCCc1occc1C(=O)N1CCC(C[C@H]2OCC[C@H]2C(N)=O)CC1. The van der Waals surface area contributed by atoms with Crippen molar-refractivity contribution in [1.82, 2.24) is 4.90 Å². The van der Waals surface area contributed by atoms with Crippen LogP contribution in [0, 0.1) is 11.8 Å². The van der Waals surface area contributed by atoms with Gasteiger partial charge < -0.3 is 19.8 Å². The molecule has 2 fully saturated rings.